The van der Waals surface area contributed by atoms with Gasteiger partial charge in [0, 0.05) is 0 Å². The molecule has 19 heavy (non-hydrogen) atoms. The van der Waals surface area contributed by atoms with Crippen molar-refractivity contribution in [1.82, 2.24) is 0 Å². The minimum atomic E-state index is 1.21. The van der Waals surface area contributed by atoms with E-state index >= 15 is 0 Å². The lowest BCUT2D eigenvalue weighted by Crippen LogP contribution is -1.96. The van der Waals surface area contributed by atoms with E-state index < -0.39 is 0 Å². The van der Waals surface area contributed by atoms with Crippen LogP contribution in [0.25, 0.3) is 11.1 Å². The van der Waals surface area contributed by atoms with E-state index in [0.29, 0.717) is 0 Å². The molecular formula is C19H22. The van der Waals surface area contributed by atoms with Crippen molar-refractivity contribution >= 4 is 0 Å². The first-order valence-electron chi connectivity index (χ1n) is 7.27. The van der Waals surface area contributed by atoms with Gasteiger partial charge in [0.05, 0.1) is 0 Å². The van der Waals surface area contributed by atoms with Crippen LogP contribution in [-0.2, 0) is 12.8 Å². The molecule has 2 aromatic rings. The third kappa shape index (κ3) is 2.00. The average molecular weight is 250 g/mol. The highest BCUT2D eigenvalue weighted by atomic mass is 14.2. The van der Waals surface area contributed by atoms with Gasteiger partial charge in [0.15, 0.2) is 0 Å². The fourth-order valence-electron chi connectivity index (χ4n) is 3.24. The summed E-state index contributed by atoms with van der Waals surface area (Å²) in [4.78, 5) is 0. The van der Waals surface area contributed by atoms with Crippen LogP contribution in [-0.4, -0.2) is 0 Å². The molecule has 0 saturated heterocycles. The van der Waals surface area contributed by atoms with Crippen molar-refractivity contribution in [2.45, 2.75) is 47.0 Å². The molecule has 0 fully saturated rings. The number of fused-ring (bicyclic) bond motifs is 3. The number of hydrogen-bond donors (Lipinski definition) is 0. The molecule has 98 valence electrons. The first kappa shape index (κ1) is 12.5. The van der Waals surface area contributed by atoms with Crippen molar-refractivity contribution in [3.05, 3.63) is 57.6 Å². The monoisotopic (exact) mass is 250 g/mol. The normalized spacial score (nSPS) is 13.7. The molecule has 0 heteroatoms. The second kappa shape index (κ2) is 4.52. The highest BCUT2D eigenvalue weighted by Crippen LogP contribution is 2.37. The zero-order valence-corrected chi connectivity index (χ0v) is 12.4. The molecule has 0 heterocycles. The Labute approximate surface area is 116 Å². The maximum atomic E-state index is 2.40. The second-order valence-corrected chi connectivity index (χ2v) is 5.99. The van der Waals surface area contributed by atoms with Gasteiger partial charge in [0.1, 0.15) is 0 Å². The third-order valence-corrected chi connectivity index (χ3v) is 4.70. The van der Waals surface area contributed by atoms with Gasteiger partial charge in [-0.2, -0.15) is 0 Å². The SMILES string of the molecule is Cc1cc2c(cc1C)-c1c(ccc(C)c1C)CCC2. The third-order valence-electron chi connectivity index (χ3n) is 4.70. The summed E-state index contributed by atoms with van der Waals surface area (Å²) in [6.45, 7) is 8.95. The summed E-state index contributed by atoms with van der Waals surface area (Å²) in [5, 5.41) is 0. The van der Waals surface area contributed by atoms with E-state index in [1.807, 2.05) is 0 Å². The van der Waals surface area contributed by atoms with Crippen LogP contribution < -0.4 is 0 Å². The number of aryl methyl sites for hydroxylation is 5. The minimum Gasteiger partial charge on any atom is -0.0587 e. The Morgan fingerprint density at radius 1 is 0.737 bits per heavy atom. The highest BCUT2D eigenvalue weighted by Gasteiger charge is 2.17. The van der Waals surface area contributed by atoms with Crippen LogP contribution in [0.1, 0.15) is 39.8 Å². The Kier molecular flexibility index (Phi) is 2.97. The van der Waals surface area contributed by atoms with E-state index in [1.165, 1.54) is 63.8 Å². The van der Waals surface area contributed by atoms with Gasteiger partial charge in [-0.15, -0.1) is 0 Å². The lowest BCUT2D eigenvalue weighted by Gasteiger charge is -2.16. The Hall–Kier alpha value is -1.56. The quantitative estimate of drug-likeness (QED) is 0.612. The van der Waals surface area contributed by atoms with Gasteiger partial charge in [-0.3, -0.25) is 0 Å². The van der Waals surface area contributed by atoms with Gasteiger partial charge in [0.2, 0.25) is 0 Å². The summed E-state index contributed by atoms with van der Waals surface area (Å²) in [7, 11) is 0. The summed E-state index contributed by atoms with van der Waals surface area (Å²) >= 11 is 0. The van der Waals surface area contributed by atoms with Crippen molar-refractivity contribution in [1.29, 1.82) is 0 Å². The lowest BCUT2D eigenvalue weighted by atomic mass is 9.88. The molecule has 1 aliphatic rings. The molecule has 0 N–H and O–H groups in total. The minimum absolute atomic E-state index is 1.21. The van der Waals surface area contributed by atoms with Crippen LogP contribution in [0, 0.1) is 27.7 Å². The second-order valence-electron chi connectivity index (χ2n) is 5.99. The van der Waals surface area contributed by atoms with Crippen molar-refractivity contribution in [3.63, 3.8) is 0 Å². The summed E-state index contributed by atoms with van der Waals surface area (Å²) in [5.41, 5.74) is 11.8. The standard InChI is InChI=1S/C19H22/c1-12-8-9-16-6-5-7-17-10-13(2)14(3)11-18(17)19(16)15(12)4/h8-11H,5-7H2,1-4H3. The van der Waals surface area contributed by atoms with E-state index in [2.05, 4.69) is 52.0 Å². The van der Waals surface area contributed by atoms with Gasteiger partial charge in [-0.05, 0) is 91.5 Å². The van der Waals surface area contributed by atoms with Gasteiger partial charge < -0.3 is 0 Å². The van der Waals surface area contributed by atoms with Gasteiger partial charge >= 0.3 is 0 Å². The van der Waals surface area contributed by atoms with Crippen LogP contribution in [0.2, 0.25) is 0 Å². The Morgan fingerprint density at radius 3 is 2.21 bits per heavy atom. The van der Waals surface area contributed by atoms with Crippen LogP contribution in [0.3, 0.4) is 0 Å². The molecular weight excluding hydrogens is 228 g/mol. The molecule has 0 saturated carbocycles. The van der Waals surface area contributed by atoms with Gasteiger partial charge in [-0.1, -0.05) is 24.3 Å². The molecule has 0 unspecified atom stereocenters. The fraction of sp³-hybridized carbons (Fsp3) is 0.368. The predicted molar refractivity (Wildman–Crippen MR) is 82.9 cm³/mol. The van der Waals surface area contributed by atoms with E-state index in [1.54, 1.807) is 0 Å². The maximum absolute atomic E-state index is 2.40. The van der Waals surface area contributed by atoms with E-state index in [0.717, 1.165) is 0 Å². The first-order valence-corrected chi connectivity index (χ1v) is 7.27. The highest BCUT2D eigenvalue weighted by molar-refractivity contribution is 5.76. The number of rotatable bonds is 0. The van der Waals surface area contributed by atoms with E-state index in [-0.39, 0.29) is 0 Å². The molecule has 0 nitrogen and oxygen atoms in total. The molecule has 0 amide bonds. The lowest BCUT2D eigenvalue weighted by molar-refractivity contribution is 0.833. The van der Waals surface area contributed by atoms with Crippen LogP contribution in [0.5, 0.6) is 0 Å². The van der Waals surface area contributed by atoms with Gasteiger partial charge in [0.25, 0.3) is 0 Å². The van der Waals surface area contributed by atoms with Crippen molar-refractivity contribution in [2.75, 3.05) is 0 Å². The van der Waals surface area contributed by atoms with Crippen molar-refractivity contribution in [3.8, 4) is 11.1 Å². The van der Waals surface area contributed by atoms with E-state index in [9.17, 15) is 0 Å². The topological polar surface area (TPSA) is 0 Å². The Morgan fingerprint density at radius 2 is 1.42 bits per heavy atom. The zero-order valence-electron chi connectivity index (χ0n) is 12.4. The first-order chi connectivity index (χ1) is 9.08. The molecule has 1 aliphatic carbocycles. The fourth-order valence-corrected chi connectivity index (χ4v) is 3.24. The summed E-state index contributed by atoms with van der Waals surface area (Å²) < 4.78 is 0. The molecule has 0 atom stereocenters. The maximum Gasteiger partial charge on any atom is -0.0117 e. The zero-order chi connectivity index (χ0) is 13.6. The molecule has 2 aromatic carbocycles. The van der Waals surface area contributed by atoms with Gasteiger partial charge in [-0.25, -0.2) is 0 Å². The molecule has 0 spiro atoms. The predicted octanol–water partition coefficient (Wildman–Crippen LogP) is 5.08. The molecule has 0 aliphatic heterocycles. The number of benzene rings is 2. The van der Waals surface area contributed by atoms with Crippen LogP contribution >= 0.6 is 0 Å². The van der Waals surface area contributed by atoms with Crippen molar-refractivity contribution in [2.24, 2.45) is 0 Å². The smallest absolute Gasteiger partial charge is 0.0117 e. The van der Waals surface area contributed by atoms with E-state index in [4.69, 9.17) is 0 Å². The summed E-state index contributed by atoms with van der Waals surface area (Å²) in [6, 6.07) is 9.42. The Bertz CT molecular complexity index is 648. The summed E-state index contributed by atoms with van der Waals surface area (Å²) in [5.74, 6) is 0. The molecule has 0 aromatic heterocycles. The average Bonchev–Trinajstić information content (AvgIpc) is 2.55. The molecule has 3 rings (SSSR count). The Balaban J connectivity index is 2.35. The van der Waals surface area contributed by atoms with Crippen LogP contribution in [0.4, 0.5) is 0 Å². The largest absolute Gasteiger partial charge is 0.0587 e. The molecule has 0 bridgehead atoms. The summed E-state index contributed by atoms with van der Waals surface area (Å²) in [6.07, 6.45) is 3.69. The number of hydrogen-bond acceptors (Lipinski definition) is 0. The molecule has 0 radical (unpaired) electrons. The van der Waals surface area contributed by atoms with Crippen molar-refractivity contribution < 1.29 is 0 Å². The van der Waals surface area contributed by atoms with Crippen LogP contribution in [0.15, 0.2) is 24.3 Å².